The first kappa shape index (κ1) is 22.1. The van der Waals surface area contributed by atoms with Crippen molar-refractivity contribution in [2.75, 3.05) is 12.0 Å². The summed E-state index contributed by atoms with van der Waals surface area (Å²) < 4.78 is 27.9. The van der Waals surface area contributed by atoms with Crippen molar-refractivity contribution in [2.24, 2.45) is 0 Å². The molecule has 3 rings (SSSR count). The quantitative estimate of drug-likeness (QED) is 0.531. The lowest BCUT2D eigenvalue weighted by Crippen LogP contribution is -2.36. The van der Waals surface area contributed by atoms with Crippen LogP contribution in [-0.2, 0) is 32.5 Å². The van der Waals surface area contributed by atoms with Crippen molar-refractivity contribution >= 4 is 39.2 Å². The van der Waals surface area contributed by atoms with E-state index in [2.05, 4.69) is 10.1 Å². The minimum Gasteiger partial charge on any atom is -0.481 e. The molecular formula is C20H22ClN3O5S. The highest BCUT2D eigenvalue weighted by Crippen LogP contribution is 2.27. The Labute approximate surface area is 179 Å². The number of carboxylic acids is 1. The van der Waals surface area contributed by atoms with E-state index in [1.54, 1.807) is 6.07 Å². The predicted molar refractivity (Wildman–Crippen MR) is 113 cm³/mol. The van der Waals surface area contributed by atoms with Gasteiger partial charge in [0, 0.05) is 18.0 Å². The Hall–Kier alpha value is -2.62. The number of hydrogen-bond acceptors (Lipinski definition) is 5. The smallest absolute Gasteiger partial charge is 0.305 e. The van der Waals surface area contributed by atoms with Crippen LogP contribution in [0.15, 0.2) is 47.4 Å². The molecule has 2 aromatic rings. The average molecular weight is 452 g/mol. The largest absolute Gasteiger partial charge is 0.481 e. The summed E-state index contributed by atoms with van der Waals surface area (Å²) in [5, 5.41) is 10.5. The van der Waals surface area contributed by atoms with Gasteiger partial charge in [-0.15, -0.1) is 0 Å². The molecule has 0 saturated heterocycles. The molecule has 8 nitrogen and oxygen atoms in total. The van der Waals surface area contributed by atoms with Crippen molar-refractivity contribution in [3.8, 4) is 0 Å². The number of halogens is 1. The number of sulfonamides is 1. The molecule has 1 atom stereocenters. The standard InChI is InChI=1S/C20H22ClN3O5S/c1-13(25)24(9-8-20(26)27)22-17-5-2-14-10-18(12-15(14)11-17)23-30(28,29)19-6-3-16(21)4-7-19/h2-7,11,18,22-23H,8-10,12H2,1H3,(H,26,27). The van der Waals surface area contributed by atoms with Crippen molar-refractivity contribution in [3.63, 3.8) is 0 Å². The zero-order chi connectivity index (χ0) is 21.9. The van der Waals surface area contributed by atoms with E-state index in [-0.39, 0.29) is 29.8 Å². The van der Waals surface area contributed by atoms with E-state index >= 15 is 0 Å². The Morgan fingerprint density at radius 1 is 1.13 bits per heavy atom. The summed E-state index contributed by atoms with van der Waals surface area (Å²) in [5.74, 6) is -1.29. The summed E-state index contributed by atoms with van der Waals surface area (Å²) in [4.78, 5) is 22.7. The Morgan fingerprint density at radius 3 is 2.43 bits per heavy atom. The lowest BCUT2D eigenvalue weighted by molar-refractivity contribution is -0.137. The molecule has 10 heteroatoms. The fourth-order valence-corrected chi connectivity index (χ4v) is 4.69. The van der Waals surface area contributed by atoms with Gasteiger partial charge >= 0.3 is 5.97 Å². The minimum atomic E-state index is -3.67. The normalized spacial score (nSPS) is 15.5. The van der Waals surface area contributed by atoms with Crippen molar-refractivity contribution in [3.05, 3.63) is 58.6 Å². The number of carbonyl (C=O) groups excluding carboxylic acids is 1. The molecule has 0 radical (unpaired) electrons. The Bertz CT molecular complexity index is 1060. The number of benzene rings is 2. The number of fused-ring (bicyclic) bond motifs is 1. The van der Waals surface area contributed by atoms with E-state index < -0.39 is 16.0 Å². The topological polar surface area (TPSA) is 116 Å². The van der Waals surface area contributed by atoms with Crippen LogP contribution < -0.4 is 10.1 Å². The number of anilines is 1. The summed E-state index contributed by atoms with van der Waals surface area (Å²) in [7, 11) is -3.67. The van der Waals surface area contributed by atoms with E-state index in [9.17, 15) is 18.0 Å². The maximum absolute atomic E-state index is 12.6. The third-order valence-corrected chi connectivity index (χ3v) is 6.57. The fourth-order valence-electron chi connectivity index (χ4n) is 3.33. The molecule has 0 bridgehead atoms. The van der Waals surface area contributed by atoms with E-state index in [0.29, 0.717) is 23.6 Å². The van der Waals surface area contributed by atoms with Gasteiger partial charge in [0.05, 0.1) is 23.5 Å². The van der Waals surface area contributed by atoms with Crippen molar-refractivity contribution in [1.82, 2.24) is 9.73 Å². The molecule has 3 N–H and O–H groups in total. The molecule has 1 amide bonds. The number of nitrogens with one attached hydrogen (secondary N) is 2. The van der Waals surface area contributed by atoms with Crippen molar-refractivity contribution in [1.29, 1.82) is 0 Å². The second-order valence-electron chi connectivity index (χ2n) is 7.09. The van der Waals surface area contributed by atoms with Gasteiger partial charge in [-0.2, -0.15) is 0 Å². The maximum Gasteiger partial charge on any atom is 0.305 e. The number of hydrazine groups is 1. The fraction of sp³-hybridized carbons (Fsp3) is 0.300. The van der Waals surface area contributed by atoms with Crippen LogP contribution in [0.4, 0.5) is 5.69 Å². The van der Waals surface area contributed by atoms with Gasteiger partial charge in [0.25, 0.3) is 0 Å². The zero-order valence-corrected chi connectivity index (χ0v) is 17.8. The van der Waals surface area contributed by atoms with Crippen LogP contribution in [0.5, 0.6) is 0 Å². The van der Waals surface area contributed by atoms with Gasteiger partial charge in [-0.25, -0.2) is 13.1 Å². The molecule has 2 aromatic carbocycles. The number of aliphatic carboxylic acids is 1. The minimum absolute atomic E-state index is 0.0330. The van der Waals surface area contributed by atoms with Crippen LogP contribution in [0, 0.1) is 0 Å². The number of carbonyl (C=O) groups is 2. The lowest BCUT2D eigenvalue weighted by atomic mass is 10.1. The molecule has 1 aliphatic carbocycles. The van der Waals surface area contributed by atoms with Crippen molar-refractivity contribution in [2.45, 2.75) is 37.1 Å². The first-order chi connectivity index (χ1) is 14.1. The van der Waals surface area contributed by atoms with Gasteiger partial charge in [0.2, 0.25) is 15.9 Å². The van der Waals surface area contributed by atoms with Gasteiger partial charge in [-0.05, 0) is 60.4 Å². The molecule has 0 fully saturated rings. The average Bonchev–Trinajstić information content (AvgIpc) is 3.05. The molecule has 0 saturated carbocycles. The maximum atomic E-state index is 12.6. The van der Waals surface area contributed by atoms with Crippen LogP contribution in [0.25, 0.3) is 0 Å². The van der Waals surface area contributed by atoms with Gasteiger partial charge in [-0.3, -0.25) is 20.0 Å². The van der Waals surface area contributed by atoms with Crippen LogP contribution >= 0.6 is 11.6 Å². The van der Waals surface area contributed by atoms with E-state index in [0.717, 1.165) is 11.1 Å². The van der Waals surface area contributed by atoms with Crippen LogP contribution in [-0.4, -0.2) is 43.0 Å². The highest BCUT2D eigenvalue weighted by atomic mass is 35.5. The third kappa shape index (κ3) is 5.50. The third-order valence-electron chi connectivity index (χ3n) is 4.78. The second-order valence-corrected chi connectivity index (χ2v) is 9.24. The molecular weight excluding hydrogens is 430 g/mol. The SMILES string of the molecule is CC(=O)N(CCC(=O)O)Nc1ccc2c(c1)CC(NS(=O)(=O)c1ccc(Cl)cc1)C2. The first-order valence-electron chi connectivity index (χ1n) is 9.30. The Balaban J connectivity index is 1.67. The molecule has 160 valence electrons. The molecule has 0 spiro atoms. The molecule has 0 heterocycles. The predicted octanol–water partition coefficient (Wildman–Crippen LogP) is 2.44. The molecule has 1 aliphatic rings. The first-order valence-corrected chi connectivity index (χ1v) is 11.2. The second kappa shape index (κ2) is 9.03. The monoisotopic (exact) mass is 451 g/mol. The molecule has 0 aromatic heterocycles. The summed E-state index contributed by atoms with van der Waals surface area (Å²) in [5.41, 5.74) is 5.54. The highest BCUT2D eigenvalue weighted by Gasteiger charge is 2.27. The summed E-state index contributed by atoms with van der Waals surface area (Å²) in [6.45, 7) is 1.38. The van der Waals surface area contributed by atoms with Crippen LogP contribution in [0.1, 0.15) is 24.5 Å². The van der Waals surface area contributed by atoms with Crippen molar-refractivity contribution < 1.29 is 23.1 Å². The lowest BCUT2D eigenvalue weighted by Gasteiger charge is -2.22. The number of hydrogen-bond donors (Lipinski definition) is 3. The number of nitrogens with zero attached hydrogens (tertiary/aromatic N) is 1. The van der Waals surface area contributed by atoms with Crippen LogP contribution in [0.3, 0.4) is 0 Å². The number of amides is 1. The van der Waals surface area contributed by atoms with Gasteiger partial charge in [-0.1, -0.05) is 17.7 Å². The van der Waals surface area contributed by atoms with E-state index in [1.807, 2.05) is 12.1 Å². The highest BCUT2D eigenvalue weighted by molar-refractivity contribution is 7.89. The van der Waals surface area contributed by atoms with Crippen LogP contribution in [0.2, 0.25) is 5.02 Å². The molecule has 0 aliphatic heterocycles. The summed E-state index contributed by atoms with van der Waals surface area (Å²) >= 11 is 5.82. The Morgan fingerprint density at radius 2 is 1.80 bits per heavy atom. The van der Waals surface area contributed by atoms with Gasteiger partial charge in [0.1, 0.15) is 0 Å². The summed E-state index contributed by atoms with van der Waals surface area (Å²) in [6, 6.07) is 11.2. The van der Waals surface area contributed by atoms with Gasteiger partial charge < -0.3 is 5.11 Å². The van der Waals surface area contributed by atoms with E-state index in [4.69, 9.17) is 16.7 Å². The zero-order valence-electron chi connectivity index (χ0n) is 16.3. The summed E-state index contributed by atoms with van der Waals surface area (Å²) in [6.07, 6.45) is 0.886. The molecule has 1 unspecified atom stereocenters. The number of rotatable bonds is 8. The number of carboxylic acid groups (broad SMARTS) is 1. The molecule has 30 heavy (non-hydrogen) atoms. The van der Waals surface area contributed by atoms with E-state index in [1.165, 1.54) is 36.2 Å². The van der Waals surface area contributed by atoms with Gasteiger partial charge in [0.15, 0.2) is 0 Å². The Kier molecular flexibility index (Phi) is 6.64.